The van der Waals surface area contributed by atoms with Crippen molar-refractivity contribution in [1.29, 1.82) is 0 Å². The predicted molar refractivity (Wildman–Crippen MR) is 48.8 cm³/mol. The molecule has 1 aliphatic rings. The molecule has 0 aromatic carbocycles. The van der Waals surface area contributed by atoms with E-state index in [4.69, 9.17) is 0 Å². The summed E-state index contributed by atoms with van der Waals surface area (Å²) in [7, 11) is 0. The molecule has 1 amide bonds. The van der Waals surface area contributed by atoms with E-state index in [-0.39, 0.29) is 5.91 Å². The van der Waals surface area contributed by atoms with Gasteiger partial charge in [-0.15, -0.1) is 0 Å². The normalized spacial score (nSPS) is 24.2. The van der Waals surface area contributed by atoms with E-state index in [1.165, 1.54) is 6.20 Å². The Labute approximate surface area is 71.9 Å². The number of nitrogens with one attached hydrogen (secondary N) is 1. The Kier molecular flexibility index (Phi) is 2.80. The topological polar surface area (TPSA) is 41.5 Å². The molecule has 12 heavy (non-hydrogen) atoms. The summed E-state index contributed by atoms with van der Waals surface area (Å²) in [5, 5.41) is 2.69. The lowest BCUT2D eigenvalue weighted by Crippen LogP contribution is -2.36. The number of hydrogen-bond acceptors (Lipinski definition) is 2. The molecular formula is C9H12N2O. The molecule has 0 unspecified atom stereocenters. The minimum atomic E-state index is 0.0289. The van der Waals surface area contributed by atoms with Crippen molar-refractivity contribution in [1.82, 2.24) is 5.32 Å². The van der Waals surface area contributed by atoms with Gasteiger partial charge in [0.15, 0.2) is 0 Å². The fraction of sp³-hybridized carbons (Fsp3) is 0.333. The van der Waals surface area contributed by atoms with Crippen LogP contribution >= 0.6 is 0 Å². The highest BCUT2D eigenvalue weighted by Crippen LogP contribution is 2.11. The van der Waals surface area contributed by atoms with Crippen LogP contribution in [-0.4, -0.2) is 11.7 Å². The molecule has 0 aromatic rings. The first-order valence-electron chi connectivity index (χ1n) is 3.92. The van der Waals surface area contributed by atoms with E-state index < -0.39 is 0 Å². The summed E-state index contributed by atoms with van der Waals surface area (Å²) in [6.07, 6.45) is 4.72. The summed E-state index contributed by atoms with van der Waals surface area (Å²) < 4.78 is 0. The number of hydrogen-bond donors (Lipinski definition) is 1. The van der Waals surface area contributed by atoms with Gasteiger partial charge in [0.2, 0.25) is 5.91 Å². The predicted octanol–water partition coefficient (Wildman–Crippen LogP) is 1.38. The van der Waals surface area contributed by atoms with Gasteiger partial charge in [-0.2, -0.15) is 0 Å². The molecule has 3 heteroatoms. The largest absolute Gasteiger partial charge is 0.310 e. The van der Waals surface area contributed by atoms with Crippen molar-refractivity contribution in [2.45, 2.75) is 19.8 Å². The van der Waals surface area contributed by atoms with Gasteiger partial charge in [-0.3, -0.25) is 4.79 Å². The molecule has 1 saturated heterocycles. The second-order valence-corrected chi connectivity index (χ2v) is 2.52. The van der Waals surface area contributed by atoms with Gasteiger partial charge in [0, 0.05) is 12.6 Å². The number of allylic oxidation sites excluding steroid dienone is 1. The molecule has 1 fully saturated rings. The maximum absolute atomic E-state index is 11.0. The van der Waals surface area contributed by atoms with Crippen molar-refractivity contribution >= 4 is 11.7 Å². The van der Waals surface area contributed by atoms with Crippen LogP contribution in [0.4, 0.5) is 0 Å². The molecule has 0 saturated carbocycles. The van der Waals surface area contributed by atoms with E-state index in [2.05, 4.69) is 16.9 Å². The van der Waals surface area contributed by atoms with Crippen molar-refractivity contribution in [3.63, 3.8) is 0 Å². The Hall–Kier alpha value is -1.38. The zero-order chi connectivity index (χ0) is 8.97. The lowest BCUT2D eigenvalue weighted by molar-refractivity contribution is -0.119. The first-order chi connectivity index (χ1) is 5.77. The molecule has 0 spiro atoms. The average molecular weight is 164 g/mol. The third-order valence-corrected chi connectivity index (χ3v) is 1.75. The average Bonchev–Trinajstić information content (AvgIpc) is 2.05. The number of aliphatic imine (C=N–C) groups is 1. The van der Waals surface area contributed by atoms with Crippen LogP contribution in [0.1, 0.15) is 19.8 Å². The molecule has 1 rings (SSSR count). The number of carbonyl (C=O) groups is 1. The monoisotopic (exact) mass is 164 g/mol. The minimum absolute atomic E-state index is 0.0289. The SMILES string of the molecule is C=C/N=C1/NC(=O)CC/C1=C/C. The van der Waals surface area contributed by atoms with Crippen LogP contribution in [0.25, 0.3) is 0 Å². The van der Waals surface area contributed by atoms with E-state index in [1.807, 2.05) is 13.0 Å². The van der Waals surface area contributed by atoms with Crippen LogP contribution in [0.2, 0.25) is 0 Å². The summed E-state index contributed by atoms with van der Waals surface area (Å²) in [6.45, 7) is 5.42. The Balaban J connectivity index is 2.85. The van der Waals surface area contributed by atoms with Crippen molar-refractivity contribution in [2.75, 3.05) is 0 Å². The molecule has 0 atom stereocenters. The molecule has 1 N–H and O–H groups in total. The lowest BCUT2D eigenvalue weighted by Gasteiger charge is -2.16. The van der Waals surface area contributed by atoms with Gasteiger partial charge in [0.1, 0.15) is 5.84 Å². The molecule has 64 valence electrons. The summed E-state index contributed by atoms with van der Waals surface area (Å²) in [4.78, 5) is 14.9. The maximum atomic E-state index is 11.0. The van der Waals surface area contributed by atoms with Gasteiger partial charge >= 0.3 is 0 Å². The maximum Gasteiger partial charge on any atom is 0.225 e. The Morgan fingerprint density at radius 3 is 2.92 bits per heavy atom. The third-order valence-electron chi connectivity index (χ3n) is 1.75. The zero-order valence-electron chi connectivity index (χ0n) is 7.13. The highest BCUT2D eigenvalue weighted by atomic mass is 16.1. The molecule has 0 aliphatic carbocycles. The summed E-state index contributed by atoms with van der Waals surface area (Å²) in [6, 6.07) is 0. The number of carbonyl (C=O) groups excluding carboxylic acids is 1. The summed E-state index contributed by atoms with van der Waals surface area (Å²) >= 11 is 0. The van der Waals surface area contributed by atoms with E-state index in [1.54, 1.807) is 0 Å². The first kappa shape index (κ1) is 8.71. The van der Waals surface area contributed by atoms with Gasteiger partial charge in [0.05, 0.1) is 0 Å². The lowest BCUT2D eigenvalue weighted by atomic mass is 10.0. The molecular weight excluding hydrogens is 152 g/mol. The molecule has 1 aliphatic heterocycles. The van der Waals surface area contributed by atoms with E-state index in [0.717, 1.165) is 12.0 Å². The molecule has 3 nitrogen and oxygen atoms in total. The van der Waals surface area contributed by atoms with Crippen LogP contribution in [0.15, 0.2) is 29.4 Å². The van der Waals surface area contributed by atoms with Crippen LogP contribution in [0.3, 0.4) is 0 Å². The summed E-state index contributed by atoms with van der Waals surface area (Å²) in [5.74, 6) is 0.671. The standard InChI is InChI=1S/C9H12N2O/c1-3-7-5-6-8(12)11-9(7)10-4-2/h3-4H,2,5-6H2,1H3,(H,10,11,12)/b7-3-. The highest BCUT2D eigenvalue weighted by Gasteiger charge is 2.16. The quantitative estimate of drug-likeness (QED) is 0.625. The van der Waals surface area contributed by atoms with Crippen molar-refractivity contribution < 1.29 is 4.79 Å². The van der Waals surface area contributed by atoms with Gasteiger partial charge in [-0.05, 0) is 18.9 Å². The Morgan fingerprint density at radius 2 is 2.33 bits per heavy atom. The molecule has 0 aromatic heterocycles. The van der Waals surface area contributed by atoms with Crippen molar-refractivity contribution in [2.24, 2.45) is 4.99 Å². The van der Waals surface area contributed by atoms with Crippen LogP contribution in [-0.2, 0) is 4.79 Å². The van der Waals surface area contributed by atoms with Crippen LogP contribution in [0, 0.1) is 0 Å². The van der Waals surface area contributed by atoms with Crippen LogP contribution in [0.5, 0.6) is 0 Å². The highest BCUT2D eigenvalue weighted by molar-refractivity contribution is 6.10. The minimum Gasteiger partial charge on any atom is -0.310 e. The Morgan fingerprint density at radius 1 is 1.58 bits per heavy atom. The molecule has 0 bridgehead atoms. The zero-order valence-corrected chi connectivity index (χ0v) is 7.13. The van der Waals surface area contributed by atoms with Crippen molar-refractivity contribution in [3.05, 3.63) is 24.4 Å². The third kappa shape index (κ3) is 1.81. The van der Waals surface area contributed by atoms with Gasteiger partial charge in [-0.25, -0.2) is 4.99 Å². The smallest absolute Gasteiger partial charge is 0.225 e. The molecule has 1 heterocycles. The number of piperidine rings is 1. The fourth-order valence-corrected chi connectivity index (χ4v) is 1.13. The van der Waals surface area contributed by atoms with E-state index in [9.17, 15) is 4.79 Å². The van der Waals surface area contributed by atoms with Gasteiger partial charge in [-0.1, -0.05) is 12.7 Å². The second-order valence-electron chi connectivity index (χ2n) is 2.52. The number of amides is 1. The second kappa shape index (κ2) is 3.85. The summed E-state index contributed by atoms with van der Waals surface area (Å²) in [5.41, 5.74) is 1.08. The number of nitrogens with zero attached hydrogens (tertiary/aromatic N) is 1. The Bertz CT molecular complexity index is 264. The molecule has 0 radical (unpaired) electrons. The van der Waals surface area contributed by atoms with Gasteiger partial charge < -0.3 is 5.32 Å². The van der Waals surface area contributed by atoms with Gasteiger partial charge in [0.25, 0.3) is 0 Å². The van der Waals surface area contributed by atoms with E-state index >= 15 is 0 Å². The first-order valence-corrected chi connectivity index (χ1v) is 3.92. The number of amidine groups is 1. The fourth-order valence-electron chi connectivity index (χ4n) is 1.13. The van der Waals surface area contributed by atoms with E-state index in [0.29, 0.717) is 12.3 Å². The van der Waals surface area contributed by atoms with Crippen LogP contribution < -0.4 is 5.32 Å². The van der Waals surface area contributed by atoms with Crippen molar-refractivity contribution in [3.8, 4) is 0 Å². The number of rotatable bonds is 1.